The molecule has 3 unspecified atom stereocenters. The summed E-state index contributed by atoms with van der Waals surface area (Å²) in [6.07, 6.45) is 8.54. The van der Waals surface area contributed by atoms with Gasteiger partial charge in [-0.05, 0) is 109 Å². The summed E-state index contributed by atoms with van der Waals surface area (Å²) in [5.74, 6) is 0.602. The molecule has 0 amide bonds. The van der Waals surface area contributed by atoms with E-state index in [4.69, 9.17) is 0 Å². The summed E-state index contributed by atoms with van der Waals surface area (Å²) in [5.41, 5.74) is 9.87. The van der Waals surface area contributed by atoms with Gasteiger partial charge in [-0.1, -0.05) is 71.7 Å². The molecule has 3 atom stereocenters. The molecule has 0 bridgehead atoms. The van der Waals surface area contributed by atoms with Crippen molar-refractivity contribution in [2.24, 2.45) is 17.8 Å². The highest BCUT2D eigenvalue weighted by Crippen LogP contribution is 2.43. The molecule has 210 valence electrons. The number of ketones is 3. The molecule has 0 radical (unpaired) electrons. The van der Waals surface area contributed by atoms with Crippen molar-refractivity contribution in [1.29, 1.82) is 0 Å². The van der Waals surface area contributed by atoms with Crippen LogP contribution in [0.2, 0.25) is 0 Å². The van der Waals surface area contributed by atoms with Gasteiger partial charge in [0.05, 0.1) is 6.42 Å². The topological polar surface area (TPSA) is 51.2 Å². The number of benzene rings is 2. The first-order chi connectivity index (χ1) is 18.4. The van der Waals surface area contributed by atoms with E-state index < -0.39 is 0 Å². The molecule has 2 aromatic rings. The zero-order valence-electron chi connectivity index (χ0n) is 25.3. The van der Waals surface area contributed by atoms with Crippen LogP contribution in [0.4, 0.5) is 0 Å². The van der Waals surface area contributed by atoms with Crippen LogP contribution in [-0.4, -0.2) is 17.3 Å². The molecule has 3 heteroatoms. The SMILES string of the molecule is CCCC(CC1CC(=O)c2c(C)c(C(C)(C)C)cc(-c3ccc4c(c3)CCC4)c2C1)C(CC)C(=O)CC(C)=O. The van der Waals surface area contributed by atoms with Crippen LogP contribution in [0.25, 0.3) is 11.1 Å². The fraction of sp³-hybridized carbons (Fsp3) is 0.583. The van der Waals surface area contributed by atoms with Gasteiger partial charge in [-0.15, -0.1) is 0 Å². The van der Waals surface area contributed by atoms with Gasteiger partial charge in [-0.2, -0.15) is 0 Å². The fourth-order valence-corrected chi connectivity index (χ4v) is 7.58. The number of carbonyl (C=O) groups is 3. The first kappa shape index (κ1) is 29.4. The Morgan fingerprint density at radius 3 is 2.38 bits per heavy atom. The monoisotopic (exact) mass is 528 g/mol. The molecule has 0 fully saturated rings. The lowest BCUT2D eigenvalue weighted by molar-refractivity contribution is -0.129. The van der Waals surface area contributed by atoms with Gasteiger partial charge < -0.3 is 0 Å². The van der Waals surface area contributed by atoms with E-state index in [2.05, 4.69) is 65.8 Å². The Morgan fingerprint density at radius 1 is 1.03 bits per heavy atom. The maximum atomic E-state index is 13.9. The lowest BCUT2D eigenvalue weighted by Gasteiger charge is -2.34. The predicted molar refractivity (Wildman–Crippen MR) is 161 cm³/mol. The molecule has 0 heterocycles. The van der Waals surface area contributed by atoms with Crippen LogP contribution in [0.1, 0.15) is 125 Å². The van der Waals surface area contributed by atoms with Gasteiger partial charge in [0.15, 0.2) is 5.78 Å². The second-order valence-corrected chi connectivity index (χ2v) is 13.4. The summed E-state index contributed by atoms with van der Waals surface area (Å²) in [7, 11) is 0. The largest absolute Gasteiger partial charge is 0.300 e. The second kappa shape index (κ2) is 11.9. The molecule has 39 heavy (non-hydrogen) atoms. The van der Waals surface area contributed by atoms with Crippen molar-refractivity contribution >= 4 is 17.3 Å². The third-order valence-electron chi connectivity index (χ3n) is 9.30. The quantitative estimate of drug-likeness (QED) is 0.290. The summed E-state index contributed by atoms with van der Waals surface area (Å²) in [6, 6.07) is 9.31. The molecule has 0 aliphatic heterocycles. The Bertz CT molecular complexity index is 1260. The van der Waals surface area contributed by atoms with Gasteiger partial charge in [0.1, 0.15) is 11.6 Å². The molecular weight excluding hydrogens is 480 g/mol. The van der Waals surface area contributed by atoms with Crippen LogP contribution in [0.3, 0.4) is 0 Å². The number of hydrogen-bond acceptors (Lipinski definition) is 3. The van der Waals surface area contributed by atoms with Crippen LogP contribution in [0.15, 0.2) is 24.3 Å². The van der Waals surface area contributed by atoms with Crippen molar-refractivity contribution in [2.45, 2.75) is 118 Å². The average molecular weight is 529 g/mol. The first-order valence-electron chi connectivity index (χ1n) is 15.3. The van der Waals surface area contributed by atoms with Crippen LogP contribution >= 0.6 is 0 Å². The third-order valence-corrected chi connectivity index (χ3v) is 9.30. The van der Waals surface area contributed by atoms with Gasteiger partial charge in [-0.25, -0.2) is 0 Å². The molecular formula is C36H48O3. The maximum Gasteiger partial charge on any atom is 0.163 e. The van der Waals surface area contributed by atoms with Gasteiger partial charge in [0.25, 0.3) is 0 Å². The van der Waals surface area contributed by atoms with Crippen LogP contribution in [-0.2, 0) is 34.3 Å². The van der Waals surface area contributed by atoms with Gasteiger partial charge in [-0.3, -0.25) is 14.4 Å². The molecule has 4 rings (SSSR count). The molecule has 0 aromatic heterocycles. The standard InChI is InChI=1S/C36H48O3/c1-8-11-27(29(9-2)33(38)16-22(3)37)17-24-18-31-30(28-15-14-25-12-10-13-26(25)20-28)21-32(36(5,6)7)23(4)35(31)34(39)19-24/h14-15,20-21,24,27,29H,8-13,16-19H2,1-7H3. The van der Waals surface area contributed by atoms with Crippen LogP contribution in [0.5, 0.6) is 0 Å². The molecule has 0 saturated heterocycles. The Balaban J connectivity index is 1.75. The van der Waals surface area contributed by atoms with E-state index in [-0.39, 0.29) is 46.9 Å². The first-order valence-corrected chi connectivity index (χ1v) is 15.3. The number of Topliss-reactive ketones (excluding diaryl/α,β-unsaturated/α-hetero) is 3. The number of fused-ring (bicyclic) bond motifs is 2. The Morgan fingerprint density at radius 2 is 1.74 bits per heavy atom. The molecule has 2 aliphatic carbocycles. The Hall–Kier alpha value is -2.55. The highest BCUT2D eigenvalue weighted by Gasteiger charge is 2.35. The van der Waals surface area contributed by atoms with E-state index in [9.17, 15) is 14.4 Å². The minimum atomic E-state index is -0.105. The zero-order chi connectivity index (χ0) is 28.5. The summed E-state index contributed by atoms with van der Waals surface area (Å²) in [6.45, 7) is 14.6. The van der Waals surface area contributed by atoms with E-state index in [1.807, 2.05) is 0 Å². The number of rotatable bonds is 10. The van der Waals surface area contributed by atoms with Gasteiger partial charge >= 0.3 is 0 Å². The van der Waals surface area contributed by atoms with Gasteiger partial charge in [0.2, 0.25) is 0 Å². The van der Waals surface area contributed by atoms with E-state index in [1.54, 1.807) is 0 Å². The summed E-state index contributed by atoms with van der Waals surface area (Å²) in [4.78, 5) is 38.7. The third kappa shape index (κ3) is 6.28. The molecule has 0 N–H and O–H groups in total. The smallest absolute Gasteiger partial charge is 0.163 e. The zero-order valence-corrected chi connectivity index (χ0v) is 25.3. The summed E-state index contributed by atoms with van der Waals surface area (Å²) < 4.78 is 0. The molecule has 3 nitrogen and oxygen atoms in total. The van der Waals surface area contributed by atoms with E-state index in [0.717, 1.165) is 56.1 Å². The van der Waals surface area contributed by atoms with Crippen molar-refractivity contribution in [1.82, 2.24) is 0 Å². The van der Waals surface area contributed by atoms with Crippen LogP contribution in [0, 0.1) is 24.7 Å². The highest BCUT2D eigenvalue weighted by molar-refractivity contribution is 6.02. The molecule has 2 aliphatic rings. The second-order valence-electron chi connectivity index (χ2n) is 13.4. The predicted octanol–water partition coefficient (Wildman–Crippen LogP) is 8.57. The van der Waals surface area contributed by atoms with Gasteiger partial charge in [0, 0.05) is 17.9 Å². The highest BCUT2D eigenvalue weighted by atomic mass is 16.1. The minimum absolute atomic E-state index is 0.0302. The van der Waals surface area contributed by atoms with Crippen molar-refractivity contribution in [3.8, 4) is 11.1 Å². The van der Waals surface area contributed by atoms with Crippen molar-refractivity contribution in [2.75, 3.05) is 0 Å². The number of aryl methyl sites for hydroxylation is 2. The van der Waals surface area contributed by atoms with Crippen molar-refractivity contribution in [3.63, 3.8) is 0 Å². The number of carbonyl (C=O) groups excluding carboxylic acids is 3. The molecule has 2 aromatic carbocycles. The summed E-state index contributed by atoms with van der Waals surface area (Å²) in [5, 5.41) is 0. The normalized spacial score (nSPS) is 18.4. The lowest BCUT2D eigenvalue weighted by Crippen LogP contribution is -2.30. The van der Waals surface area contributed by atoms with Crippen molar-refractivity contribution in [3.05, 3.63) is 57.6 Å². The van der Waals surface area contributed by atoms with E-state index >= 15 is 0 Å². The molecule has 0 spiro atoms. The minimum Gasteiger partial charge on any atom is -0.300 e. The van der Waals surface area contributed by atoms with E-state index in [1.165, 1.54) is 46.7 Å². The maximum absolute atomic E-state index is 13.9. The lowest BCUT2D eigenvalue weighted by atomic mass is 9.69. The summed E-state index contributed by atoms with van der Waals surface area (Å²) >= 11 is 0. The molecule has 0 saturated carbocycles. The van der Waals surface area contributed by atoms with Crippen molar-refractivity contribution < 1.29 is 14.4 Å². The fourth-order valence-electron chi connectivity index (χ4n) is 7.58. The van der Waals surface area contributed by atoms with E-state index in [0.29, 0.717) is 6.42 Å². The Kier molecular flexibility index (Phi) is 8.98. The van der Waals surface area contributed by atoms with Crippen LogP contribution < -0.4 is 0 Å². The average Bonchev–Trinajstić information content (AvgIpc) is 3.31. The number of hydrogen-bond donors (Lipinski definition) is 0. The Labute approximate surface area is 236 Å².